The Morgan fingerprint density at radius 2 is 1.49 bits per heavy atom. The number of carbonyl (C=O) groups is 2. The van der Waals surface area contributed by atoms with E-state index < -0.39 is 21.5 Å². The summed E-state index contributed by atoms with van der Waals surface area (Å²) < 4.78 is 32.8. The molecule has 1 aliphatic rings. The molecule has 3 aromatic rings. The van der Waals surface area contributed by atoms with Gasteiger partial charge in [0.15, 0.2) is 0 Å². The molecule has 1 fully saturated rings. The Labute approximate surface area is 205 Å². The molecule has 3 aromatic carbocycles. The third kappa shape index (κ3) is 5.07. The number of carbonyl (C=O) groups excluding carboxylic acids is 2. The summed E-state index contributed by atoms with van der Waals surface area (Å²) in [6.07, 6.45) is 0.548. The van der Waals surface area contributed by atoms with Gasteiger partial charge in [0.05, 0.1) is 12.0 Å². The van der Waals surface area contributed by atoms with Crippen molar-refractivity contribution in [1.29, 1.82) is 0 Å². The normalized spacial score (nSPS) is 17.5. The monoisotopic (exact) mass is 492 g/mol. The highest BCUT2D eigenvalue weighted by Gasteiger charge is 2.50. The summed E-state index contributed by atoms with van der Waals surface area (Å²) in [6, 6.07) is 25.2. The van der Waals surface area contributed by atoms with Gasteiger partial charge in [-0.1, -0.05) is 60.7 Å². The van der Waals surface area contributed by atoms with E-state index in [1.165, 1.54) is 36.3 Å². The lowest BCUT2D eigenvalue weighted by atomic mass is 9.83. The van der Waals surface area contributed by atoms with Crippen molar-refractivity contribution in [2.75, 3.05) is 13.7 Å². The SMILES string of the molecule is COc1ccc(S(=O)(=O)NC(=O)C2(C)CCN2C(=O)CC(c2ccccc2)c2ccccc2)cc1. The quantitative estimate of drug-likeness (QED) is 0.518. The Kier molecular flexibility index (Phi) is 6.93. The molecular formula is C27H28N2O5S. The minimum absolute atomic E-state index is 0.0549. The lowest BCUT2D eigenvalue weighted by molar-refractivity contribution is -0.156. The number of benzene rings is 3. The molecule has 1 heterocycles. The molecule has 35 heavy (non-hydrogen) atoms. The summed E-state index contributed by atoms with van der Waals surface area (Å²) in [5.41, 5.74) is 0.760. The molecule has 7 nitrogen and oxygen atoms in total. The fourth-order valence-corrected chi connectivity index (χ4v) is 5.40. The Balaban J connectivity index is 1.51. The molecule has 8 heteroatoms. The standard InChI is InChI=1S/C27H28N2O5S/c1-27(26(31)28-35(32,33)23-15-13-22(34-2)14-16-23)17-18-29(27)25(30)19-24(20-9-5-3-6-10-20)21-11-7-4-8-12-21/h3-16,24H,17-19H2,1-2H3,(H,28,31). The highest BCUT2D eigenvalue weighted by molar-refractivity contribution is 7.90. The molecule has 0 bridgehead atoms. The maximum Gasteiger partial charge on any atom is 0.264 e. The van der Waals surface area contributed by atoms with Crippen molar-refractivity contribution in [3.05, 3.63) is 96.1 Å². The summed E-state index contributed by atoms with van der Waals surface area (Å²) in [5, 5.41) is 0. The molecule has 1 N–H and O–H groups in total. The van der Waals surface area contributed by atoms with E-state index in [9.17, 15) is 18.0 Å². The van der Waals surface area contributed by atoms with Gasteiger partial charge < -0.3 is 9.64 Å². The number of sulfonamides is 1. The molecule has 1 unspecified atom stereocenters. The second-order valence-electron chi connectivity index (χ2n) is 8.76. The average Bonchev–Trinajstić information content (AvgIpc) is 2.87. The molecular weight excluding hydrogens is 464 g/mol. The molecule has 0 aromatic heterocycles. The maximum atomic E-state index is 13.4. The van der Waals surface area contributed by atoms with Crippen LogP contribution in [0.3, 0.4) is 0 Å². The smallest absolute Gasteiger partial charge is 0.264 e. The number of hydrogen-bond donors (Lipinski definition) is 1. The molecule has 0 saturated carbocycles. The Bertz CT molecular complexity index is 1250. The highest BCUT2D eigenvalue weighted by atomic mass is 32.2. The number of nitrogens with zero attached hydrogens (tertiary/aromatic N) is 1. The third-order valence-corrected chi connectivity index (χ3v) is 7.93. The van der Waals surface area contributed by atoms with E-state index in [0.29, 0.717) is 18.7 Å². The zero-order chi connectivity index (χ0) is 25.1. The minimum Gasteiger partial charge on any atom is -0.497 e. The fraction of sp³-hybridized carbons (Fsp3) is 0.259. The van der Waals surface area contributed by atoms with E-state index in [1.54, 1.807) is 6.92 Å². The van der Waals surface area contributed by atoms with Crippen LogP contribution in [0.5, 0.6) is 5.75 Å². The predicted octanol–water partition coefficient (Wildman–Crippen LogP) is 3.71. The molecule has 0 spiro atoms. The zero-order valence-electron chi connectivity index (χ0n) is 19.7. The van der Waals surface area contributed by atoms with Gasteiger partial charge in [-0.15, -0.1) is 0 Å². The van der Waals surface area contributed by atoms with Gasteiger partial charge in [-0.3, -0.25) is 9.59 Å². The van der Waals surface area contributed by atoms with Gasteiger partial charge in [0.1, 0.15) is 11.3 Å². The van der Waals surface area contributed by atoms with E-state index in [0.717, 1.165) is 11.1 Å². The first-order valence-electron chi connectivity index (χ1n) is 11.4. The number of nitrogens with one attached hydrogen (secondary N) is 1. The molecule has 1 aliphatic heterocycles. The van der Waals surface area contributed by atoms with Crippen LogP contribution in [-0.2, 0) is 19.6 Å². The number of hydrogen-bond acceptors (Lipinski definition) is 5. The van der Waals surface area contributed by atoms with Crippen molar-refractivity contribution in [3.63, 3.8) is 0 Å². The van der Waals surface area contributed by atoms with Gasteiger partial charge in [0, 0.05) is 18.9 Å². The van der Waals surface area contributed by atoms with E-state index in [1.807, 2.05) is 60.7 Å². The number of likely N-dealkylation sites (tertiary alicyclic amines) is 1. The Morgan fingerprint density at radius 1 is 0.943 bits per heavy atom. The van der Waals surface area contributed by atoms with Crippen LogP contribution in [-0.4, -0.2) is 44.3 Å². The van der Waals surface area contributed by atoms with E-state index in [2.05, 4.69) is 4.72 Å². The molecule has 182 valence electrons. The summed E-state index contributed by atoms with van der Waals surface area (Å²) in [7, 11) is -2.61. The van der Waals surface area contributed by atoms with Crippen molar-refractivity contribution in [1.82, 2.24) is 9.62 Å². The van der Waals surface area contributed by atoms with Crippen LogP contribution in [0.1, 0.15) is 36.8 Å². The Morgan fingerprint density at radius 3 is 1.94 bits per heavy atom. The number of methoxy groups -OCH3 is 1. The third-order valence-electron chi connectivity index (χ3n) is 6.59. The van der Waals surface area contributed by atoms with Gasteiger partial charge in [-0.2, -0.15) is 0 Å². The number of amides is 2. The summed E-state index contributed by atoms with van der Waals surface area (Å²) in [6.45, 7) is 1.99. The summed E-state index contributed by atoms with van der Waals surface area (Å²) in [4.78, 5) is 27.9. The van der Waals surface area contributed by atoms with Gasteiger partial charge in [-0.05, 0) is 48.7 Å². The van der Waals surface area contributed by atoms with Gasteiger partial charge in [-0.25, -0.2) is 13.1 Å². The average molecular weight is 493 g/mol. The van der Waals surface area contributed by atoms with Crippen molar-refractivity contribution < 1.29 is 22.7 Å². The van der Waals surface area contributed by atoms with Crippen molar-refractivity contribution in [3.8, 4) is 5.75 Å². The predicted molar refractivity (Wildman–Crippen MR) is 132 cm³/mol. The van der Waals surface area contributed by atoms with Gasteiger partial charge >= 0.3 is 0 Å². The first-order valence-corrected chi connectivity index (χ1v) is 12.8. The second kappa shape index (κ2) is 9.92. The van der Waals surface area contributed by atoms with Crippen LogP contribution in [0.25, 0.3) is 0 Å². The highest BCUT2D eigenvalue weighted by Crippen LogP contribution is 2.35. The lowest BCUT2D eigenvalue weighted by Gasteiger charge is -2.49. The molecule has 0 radical (unpaired) electrons. The van der Waals surface area contributed by atoms with Crippen molar-refractivity contribution >= 4 is 21.8 Å². The fourth-order valence-electron chi connectivity index (χ4n) is 4.32. The van der Waals surface area contributed by atoms with Crippen LogP contribution in [0.2, 0.25) is 0 Å². The molecule has 1 atom stereocenters. The molecule has 2 amide bonds. The lowest BCUT2D eigenvalue weighted by Crippen LogP contribution is -2.67. The Hall–Kier alpha value is -3.65. The largest absolute Gasteiger partial charge is 0.497 e. The van der Waals surface area contributed by atoms with Crippen LogP contribution in [0.15, 0.2) is 89.8 Å². The van der Waals surface area contributed by atoms with Crippen LogP contribution in [0.4, 0.5) is 0 Å². The molecule has 0 aliphatic carbocycles. The van der Waals surface area contributed by atoms with E-state index >= 15 is 0 Å². The van der Waals surface area contributed by atoms with Crippen molar-refractivity contribution in [2.45, 2.75) is 36.1 Å². The van der Waals surface area contributed by atoms with Gasteiger partial charge in [0.2, 0.25) is 5.91 Å². The second-order valence-corrected chi connectivity index (χ2v) is 10.4. The van der Waals surface area contributed by atoms with E-state index in [-0.39, 0.29) is 23.1 Å². The van der Waals surface area contributed by atoms with Crippen LogP contribution in [0, 0.1) is 0 Å². The van der Waals surface area contributed by atoms with Crippen LogP contribution >= 0.6 is 0 Å². The summed E-state index contributed by atoms with van der Waals surface area (Å²) >= 11 is 0. The number of rotatable bonds is 8. The minimum atomic E-state index is -4.10. The first-order chi connectivity index (χ1) is 16.7. The number of ether oxygens (including phenoxy) is 1. The zero-order valence-corrected chi connectivity index (χ0v) is 20.5. The summed E-state index contributed by atoms with van der Waals surface area (Å²) in [5.74, 6) is -0.595. The van der Waals surface area contributed by atoms with Crippen LogP contribution < -0.4 is 9.46 Å². The molecule has 1 saturated heterocycles. The topological polar surface area (TPSA) is 92.8 Å². The maximum absolute atomic E-state index is 13.4. The van der Waals surface area contributed by atoms with E-state index in [4.69, 9.17) is 4.74 Å². The first kappa shape index (κ1) is 24.5. The molecule has 4 rings (SSSR count). The van der Waals surface area contributed by atoms with Crippen molar-refractivity contribution in [2.24, 2.45) is 0 Å². The van der Waals surface area contributed by atoms with Gasteiger partial charge in [0.25, 0.3) is 15.9 Å².